The van der Waals surface area contributed by atoms with Crippen molar-refractivity contribution in [2.45, 2.75) is 12.8 Å². The van der Waals surface area contributed by atoms with Crippen LogP contribution < -0.4 is 86.3 Å². The van der Waals surface area contributed by atoms with Crippen LogP contribution in [0, 0.1) is 11.6 Å². The Hall–Kier alpha value is -13.4. The summed E-state index contributed by atoms with van der Waals surface area (Å²) in [5.41, 5.74) is 3.47. The van der Waals surface area contributed by atoms with Crippen molar-refractivity contribution < 1.29 is 47.0 Å². The van der Waals surface area contributed by atoms with Crippen LogP contribution in [0.3, 0.4) is 0 Å². The van der Waals surface area contributed by atoms with Gasteiger partial charge in [-0.05, 0) is 187 Å². The van der Waals surface area contributed by atoms with Crippen molar-refractivity contribution in [1.29, 1.82) is 0 Å². The van der Waals surface area contributed by atoms with Crippen LogP contribution in [0.5, 0.6) is 74.7 Å². The van der Waals surface area contributed by atoms with E-state index in [1.165, 1.54) is 77.4 Å². The first kappa shape index (κ1) is 82.7. The topological polar surface area (TPSA) is 84.8 Å². The predicted octanol–water partition coefficient (Wildman–Crippen LogP) is 21.4. The average Bonchev–Trinajstić information content (AvgIpc) is 0.836. The summed E-state index contributed by atoms with van der Waals surface area (Å²) in [4.78, 5) is 0. The van der Waals surface area contributed by atoms with Crippen LogP contribution in [0.4, 0.5) is 8.78 Å². The van der Waals surface area contributed by atoms with E-state index in [0.29, 0.717) is 10.2 Å². The van der Waals surface area contributed by atoms with Gasteiger partial charge in [-0.1, -0.05) is 341 Å². The number of hydrogen-bond acceptors (Lipinski definition) is 8. The highest BCUT2D eigenvalue weighted by molar-refractivity contribution is 9.10. The van der Waals surface area contributed by atoms with E-state index in [2.05, 4.69) is 287 Å². The first-order valence-corrected chi connectivity index (χ1v) is 45.5. The van der Waals surface area contributed by atoms with Crippen molar-refractivity contribution in [3.8, 4) is 74.7 Å². The van der Waals surface area contributed by atoms with Gasteiger partial charge >= 0.3 is 0 Å². The summed E-state index contributed by atoms with van der Waals surface area (Å²) in [6.07, 6.45) is 2.56. The Morgan fingerprint density at radius 3 is 0.785 bits per heavy atom. The molecule has 15 heteroatoms. The van der Waals surface area contributed by atoms with Crippen LogP contribution in [-0.2, 0) is 4.74 Å². The Balaban J connectivity index is 0.000000129. The summed E-state index contributed by atoms with van der Waals surface area (Å²) in [5, 5.41) is 18.9. The third-order valence-corrected chi connectivity index (χ3v) is 30.9. The number of hydrogen-bond donors (Lipinski definition) is 1. The van der Waals surface area contributed by atoms with Crippen molar-refractivity contribution >= 4 is 113 Å². The van der Waals surface area contributed by atoms with Gasteiger partial charge in [-0.3, -0.25) is 0 Å². The number of benzene rings is 17. The van der Waals surface area contributed by atoms with E-state index >= 15 is 0 Å². The van der Waals surface area contributed by atoms with Gasteiger partial charge < -0.3 is 38.3 Å². The average molecular weight is 1750 g/mol. The Kier molecular flexibility index (Phi) is 27.9. The molecule has 0 amide bonds. The van der Waals surface area contributed by atoms with Gasteiger partial charge in [-0.25, -0.2) is 8.78 Å². The fourth-order valence-electron chi connectivity index (χ4n) is 15.3. The molecule has 17 aromatic carbocycles. The predicted molar refractivity (Wildman–Crippen MR) is 500 cm³/mol. The monoisotopic (exact) mass is 1750 g/mol. The number of ether oxygens (including phenoxy) is 7. The highest BCUT2D eigenvalue weighted by atomic mass is 79.9. The molecular formula is C106H83BBr2F2O8Si2. The molecule has 0 unspecified atom stereocenters. The third-order valence-electron chi connectivity index (χ3n) is 20.5. The lowest BCUT2D eigenvalue weighted by Gasteiger charge is -2.38. The van der Waals surface area contributed by atoms with Crippen molar-refractivity contribution in [1.82, 2.24) is 0 Å². The minimum absolute atomic E-state index is 0.0650. The molecule has 0 aromatic heterocycles. The lowest BCUT2D eigenvalue weighted by Crippen LogP contribution is -2.75. The molecule has 121 heavy (non-hydrogen) atoms. The number of phenols is 1. The van der Waals surface area contributed by atoms with E-state index in [4.69, 9.17) is 38.3 Å². The van der Waals surface area contributed by atoms with Gasteiger partial charge in [0.2, 0.25) is 0 Å². The van der Waals surface area contributed by atoms with Gasteiger partial charge in [0.1, 0.15) is 86.4 Å². The van der Waals surface area contributed by atoms with Crippen LogP contribution in [0.15, 0.2) is 458 Å². The first-order chi connectivity index (χ1) is 59.5. The minimum Gasteiger partial charge on any atom is -0.508 e. The molecule has 1 N–H and O–H groups in total. The second-order valence-electron chi connectivity index (χ2n) is 28.5. The van der Waals surface area contributed by atoms with Gasteiger partial charge in [0, 0.05) is 45.8 Å². The smallest absolute Gasteiger partial charge is 0.260 e. The summed E-state index contributed by atoms with van der Waals surface area (Å²) >= 11 is 6.41. The number of halogens is 4. The normalized spacial score (nSPS) is 11.8. The molecule has 0 atom stereocenters. The van der Waals surface area contributed by atoms with Crippen LogP contribution in [0.2, 0.25) is 0 Å². The third kappa shape index (κ3) is 20.7. The summed E-state index contributed by atoms with van der Waals surface area (Å²) in [7, 11) is -5.51. The fraction of sp³-hybridized carbons (Fsp3) is 0.0377. The molecule has 1 fully saturated rings. The molecule has 0 spiro atoms. The van der Waals surface area contributed by atoms with E-state index in [0.717, 1.165) is 98.2 Å². The van der Waals surface area contributed by atoms with E-state index in [1.807, 2.05) is 152 Å². The van der Waals surface area contributed by atoms with Crippen molar-refractivity contribution in [3.63, 3.8) is 0 Å². The van der Waals surface area contributed by atoms with E-state index in [1.54, 1.807) is 24.3 Å². The lowest BCUT2D eigenvalue weighted by atomic mass is 9.35. The van der Waals surface area contributed by atoms with Crippen molar-refractivity contribution in [2.75, 3.05) is 13.2 Å². The van der Waals surface area contributed by atoms with E-state index in [-0.39, 0.29) is 6.71 Å². The SMILES string of the molecule is Brc1cc(Oc2ccccc2)cc(Oc2ccccc2)c1.C1CCOC1.Fc1cc(F)cc(Br)c1.Oc1ccccc1.c1ccc(Oc2cc(Oc3ccccc3)cc([Si](c3ccccc3)(c3ccccc3)c3ccccc3)c2)cc1.c1ccc([Si](c2ccccc2)(c2ccccc2)c2cc3c4c(c2)Oc2ccccc2B4c2ccccc2O3)cc1. The number of aromatic hydroxyl groups is 1. The lowest BCUT2D eigenvalue weighted by molar-refractivity contribution is 0.198. The van der Waals surface area contributed by atoms with E-state index < -0.39 is 27.8 Å². The van der Waals surface area contributed by atoms with Crippen molar-refractivity contribution in [2.24, 2.45) is 0 Å². The molecule has 0 saturated carbocycles. The molecule has 3 aliphatic heterocycles. The zero-order valence-corrected chi connectivity index (χ0v) is 71.1. The summed E-state index contributed by atoms with van der Waals surface area (Å²) in [5.74, 6) is 8.84. The molecule has 20 rings (SSSR count). The largest absolute Gasteiger partial charge is 0.508 e. The molecule has 0 radical (unpaired) electrons. The van der Waals surface area contributed by atoms with Crippen LogP contribution >= 0.6 is 31.9 Å². The molecule has 3 aliphatic rings. The number of phenolic OH excluding ortho intramolecular Hbond substituents is 1. The van der Waals surface area contributed by atoms with Crippen LogP contribution in [0.25, 0.3) is 0 Å². The molecule has 0 aliphatic carbocycles. The quantitative estimate of drug-likeness (QED) is 0.0757. The van der Waals surface area contributed by atoms with Gasteiger partial charge in [0.15, 0.2) is 16.1 Å². The molecule has 594 valence electrons. The number of fused-ring (bicyclic) bond motifs is 4. The van der Waals surface area contributed by atoms with Gasteiger partial charge in [-0.15, -0.1) is 0 Å². The zero-order valence-electron chi connectivity index (χ0n) is 65.9. The Bertz CT molecular complexity index is 5690. The number of rotatable bonds is 16. The van der Waals surface area contributed by atoms with Gasteiger partial charge in [0.05, 0.1) is 0 Å². The molecule has 3 heterocycles. The molecule has 17 aromatic rings. The highest BCUT2D eigenvalue weighted by Crippen LogP contribution is 2.37. The molecular weight excluding hydrogens is 1670 g/mol. The summed E-state index contributed by atoms with van der Waals surface area (Å²) in [6, 6.07) is 150. The maximum atomic E-state index is 12.2. The minimum atomic E-state index is -2.76. The Morgan fingerprint density at radius 2 is 0.512 bits per heavy atom. The molecule has 1 saturated heterocycles. The Morgan fingerprint density at radius 1 is 0.256 bits per heavy atom. The van der Waals surface area contributed by atoms with Gasteiger partial charge in [0.25, 0.3) is 6.71 Å². The highest BCUT2D eigenvalue weighted by Gasteiger charge is 2.47. The fourth-order valence-corrected chi connectivity index (χ4v) is 25.7. The second kappa shape index (κ2) is 40.9. The standard InChI is InChI=1S/C36H25BO2Si.C36H28O2Si.C18H13BrO2.C6H3BrF2.C6H6O.C4H8O/c1-4-14-26(15-5-1)40(27-16-6-2-7-17-27,28-18-8-3-9-19-28)29-24-34-36-35(25-29)39-33-23-13-11-21-31(33)37(36)30-20-10-12-22-32(30)38-34;1-6-16-29(17-7-1)37-31-26-32(38-30-18-8-2-9-19-30)28-36(27-31)39(33-20-10-3-11-21-33,34-22-12-4-13-23-34)35-24-14-5-15-25-35;19-14-11-17(20-15-7-3-1-4-8-15)13-18(12-14)21-16-9-5-2-6-10-16;7-4-1-5(8)3-6(9)2-4;7-6-4-2-1-3-5-6;1-2-4-5-3-1/h1-25H;1-28H;1-13H;1-3H;1-5,7H;1-4H2. The van der Waals surface area contributed by atoms with E-state index in [9.17, 15) is 8.78 Å². The maximum Gasteiger partial charge on any atom is 0.260 e. The zero-order chi connectivity index (χ0) is 82.8. The molecule has 8 nitrogen and oxygen atoms in total. The Labute approximate surface area is 724 Å². The van der Waals surface area contributed by atoms with Gasteiger partial charge in [-0.2, -0.15) is 0 Å². The van der Waals surface area contributed by atoms with Crippen LogP contribution in [0.1, 0.15) is 12.8 Å². The van der Waals surface area contributed by atoms with Crippen molar-refractivity contribution in [3.05, 3.63) is 469 Å². The summed E-state index contributed by atoms with van der Waals surface area (Å²) < 4.78 is 68.6. The molecule has 0 bridgehead atoms. The first-order valence-electron chi connectivity index (χ1n) is 39.9. The summed E-state index contributed by atoms with van der Waals surface area (Å²) in [6.45, 7) is 2.06. The van der Waals surface area contributed by atoms with Crippen LogP contribution in [-0.4, -0.2) is 41.2 Å². The number of para-hydroxylation sites is 7. The maximum absolute atomic E-state index is 12.2. The second-order valence-corrected chi connectivity index (χ2v) is 38.0.